The lowest BCUT2D eigenvalue weighted by Crippen LogP contribution is -2.10. The highest BCUT2D eigenvalue weighted by Gasteiger charge is 2.11. The lowest BCUT2D eigenvalue weighted by Gasteiger charge is -2.07. The van der Waals surface area contributed by atoms with Gasteiger partial charge in [-0.1, -0.05) is 31.1 Å². The van der Waals surface area contributed by atoms with Crippen LogP contribution in [0.15, 0.2) is 45.9 Å². The minimum atomic E-state index is -0.349. The Labute approximate surface area is 149 Å². The van der Waals surface area contributed by atoms with E-state index in [1.54, 1.807) is 30.3 Å². The van der Waals surface area contributed by atoms with E-state index in [2.05, 4.69) is 31.2 Å². The van der Waals surface area contributed by atoms with Gasteiger partial charge in [-0.15, -0.1) is 5.10 Å². The standard InChI is InChI=1S/C17H18N6O3/c1-11(2)10-25-16(24)13-5-3-4-12(8-13)15-7-6-14(26-15)9-18-19-17-20-22-23-21-17/h3-9,11H,10H2,1-2H3,(H2,19,20,21,22,23)/b18-9+. The summed E-state index contributed by atoms with van der Waals surface area (Å²) in [6, 6.07) is 10.7. The average molecular weight is 354 g/mol. The molecule has 26 heavy (non-hydrogen) atoms. The Morgan fingerprint density at radius 2 is 2.27 bits per heavy atom. The van der Waals surface area contributed by atoms with Crippen molar-refractivity contribution in [2.45, 2.75) is 13.8 Å². The monoisotopic (exact) mass is 354 g/mol. The van der Waals surface area contributed by atoms with Gasteiger partial charge in [0, 0.05) is 5.56 Å². The fraction of sp³-hybridized carbons (Fsp3) is 0.235. The molecule has 0 unspecified atom stereocenters. The summed E-state index contributed by atoms with van der Waals surface area (Å²) in [7, 11) is 0. The maximum Gasteiger partial charge on any atom is 0.338 e. The Balaban J connectivity index is 1.67. The van der Waals surface area contributed by atoms with Crippen molar-refractivity contribution in [1.82, 2.24) is 20.6 Å². The van der Waals surface area contributed by atoms with Crippen LogP contribution in [-0.4, -0.2) is 39.4 Å². The van der Waals surface area contributed by atoms with Crippen molar-refractivity contribution in [1.29, 1.82) is 0 Å². The van der Waals surface area contributed by atoms with Crippen molar-refractivity contribution in [3.8, 4) is 11.3 Å². The van der Waals surface area contributed by atoms with E-state index in [9.17, 15) is 4.79 Å². The Kier molecular flexibility index (Phi) is 5.37. The Morgan fingerprint density at radius 3 is 3.04 bits per heavy atom. The molecule has 0 amide bonds. The zero-order valence-electron chi connectivity index (χ0n) is 14.3. The van der Waals surface area contributed by atoms with Crippen LogP contribution in [0.2, 0.25) is 0 Å². The van der Waals surface area contributed by atoms with E-state index in [0.717, 1.165) is 5.56 Å². The maximum absolute atomic E-state index is 12.1. The molecule has 3 aromatic rings. The fourth-order valence-electron chi connectivity index (χ4n) is 2.07. The van der Waals surface area contributed by atoms with Gasteiger partial charge in [-0.2, -0.15) is 10.3 Å². The minimum absolute atomic E-state index is 0.251. The van der Waals surface area contributed by atoms with Crippen LogP contribution in [0.25, 0.3) is 11.3 Å². The molecular formula is C17H18N6O3. The van der Waals surface area contributed by atoms with Crippen molar-refractivity contribution in [2.24, 2.45) is 11.0 Å². The SMILES string of the molecule is CC(C)COC(=O)c1cccc(-c2ccc(/C=N/Nc3nn[nH]n3)o2)c1. The first-order valence-electron chi connectivity index (χ1n) is 8.02. The molecule has 9 heteroatoms. The quantitative estimate of drug-likeness (QED) is 0.380. The lowest BCUT2D eigenvalue weighted by atomic mass is 10.1. The van der Waals surface area contributed by atoms with Gasteiger partial charge in [0.1, 0.15) is 11.5 Å². The van der Waals surface area contributed by atoms with Crippen LogP contribution >= 0.6 is 0 Å². The van der Waals surface area contributed by atoms with E-state index in [1.165, 1.54) is 6.21 Å². The number of nitrogens with one attached hydrogen (secondary N) is 2. The van der Waals surface area contributed by atoms with Crippen molar-refractivity contribution in [2.75, 3.05) is 12.0 Å². The van der Waals surface area contributed by atoms with Gasteiger partial charge < -0.3 is 9.15 Å². The van der Waals surface area contributed by atoms with E-state index in [4.69, 9.17) is 9.15 Å². The first-order valence-corrected chi connectivity index (χ1v) is 8.02. The largest absolute Gasteiger partial charge is 0.462 e. The summed E-state index contributed by atoms with van der Waals surface area (Å²) in [6.07, 6.45) is 1.49. The highest BCUT2D eigenvalue weighted by Crippen LogP contribution is 2.23. The van der Waals surface area contributed by atoms with Crippen LogP contribution in [-0.2, 0) is 4.74 Å². The number of hydrogen-bond donors (Lipinski definition) is 2. The minimum Gasteiger partial charge on any atom is -0.462 e. The predicted octanol–water partition coefficient (Wildman–Crippen LogP) is 2.72. The van der Waals surface area contributed by atoms with Crippen molar-refractivity contribution in [3.05, 3.63) is 47.7 Å². The smallest absolute Gasteiger partial charge is 0.338 e. The fourth-order valence-corrected chi connectivity index (χ4v) is 2.07. The zero-order valence-corrected chi connectivity index (χ0v) is 14.3. The second kappa shape index (κ2) is 8.06. The number of ether oxygens (including phenoxy) is 1. The van der Waals surface area contributed by atoms with Gasteiger partial charge >= 0.3 is 5.97 Å². The topological polar surface area (TPSA) is 118 Å². The molecule has 0 atom stereocenters. The Hall–Kier alpha value is -3.49. The molecule has 2 aromatic heterocycles. The second-order valence-corrected chi connectivity index (χ2v) is 5.88. The summed E-state index contributed by atoms with van der Waals surface area (Å²) in [5.74, 6) is 1.34. The molecule has 0 saturated heterocycles. The molecule has 0 fully saturated rings. The molecule has 2 heterocycles. The molecule has 0 aliphatic carbocycles. The predicted molar refractivity (Wildman–Crippen MR) is 94.7 cm³/mol. The number of esters is 1. The van der Waals surface area contributed by atoms with Crippen molar-refractivity contribution in [3.63, 3.8) is 0 Å². The van der Waals surface area contributed by atoms with E-state index in [0.29, 0.717) is 23.7 Å². The zero-order chi connectivity index (χ0) is 18.4. The number of rotatable bonds is 7. The van der Waals surface area contributed by atoms with Gasteiger partial charge in [-0.25, -0.2) is 10.2 Å². The number of carbonyl (C=O) groups excluding carboxylic acids is 1. The van der Waals surface area contributed by atoms with Crippen LogP contribution in [0.1, 0.15) is 30.0 Å². The first-order chi connectivity index (χ1) is 12.6. The summed E-state index contributed by atoms with van der Waals surface area (Å²) in [4.78, 5) is 12.1. The summed E-state index contributed by atoms with van der Waals surface area (Å²) in [5, 5.41) is 17.1. The number of benzene rings is 1. The second-order valence-electron chi connectivity index (χ2n) is 5.88. The first kappa shape index (κ1) is 17.3. The molecule has 0 aliphatic heterocycles. The van der Waals surface area contributed by atoms with Crippen LogP contribution in [0.4, 0.5) is 5.95 Å². The van der Waals surface area contributed by atoms with E-state index in [-0.39, 0.29) is 17.8 Å². The Morgan fingerprint density at radius 1 is 1.38 bits per heavy atom. The molecule has 9 nitrogen and oxygen atoms in total. The molecule has 0 aliphatic rings. The van der Waals surface area contributed by atoms with E-state index in [1.807, 2.05) is 19.9 Å². The van der Waals surface area contributed by atoms with Crippen LogP contribution in [0.5, 0.6) is 0 Å². The van der Waals surface area contributed by atoms with Gasteiger partial charge in [0.2, 0.25) is 0 Å². The number of hydrogen-bond acceptors (Lipinski definition) is 8. The third-order valence-corrected chi connectivity index (χ3v) is 3.26. The molecule has 0 radical (unpaired) electrons. The van der Waals surface area contributed by atoms with Gasteiger partial charge in [0.05, 0.1) is 18.4 Å². The normalized spacial score (nSPS) is 11.2. The number of aromatic nitrogens is 4. The van der Waals surface area contributed by atoms with Crippen molar-refractivity contribution < 1.29 is 13.9 Å². The number of H-pyrrole nitrogens is 1. The van der Waals surface area contributed by atoms with Gasteiger partial charge in [-0.3, -0.25) is 0 Å². The molecule has 0 saturated carbocycles. The average Bonchev–Trinajstić information content (AvgIpc) is 3.32. The number of tetrazole rings is 1. The highest BCUT2D eigenvalue weighted by atomic mass is 16.5. The van der Waals surface area contributed by atoms with Crippen molar-refractivity contribution >= 4 is 18.1 Å². The van der Waals surface area contributed by atoms with Gasteiger partial charge in [0.25, 0.3) is 5.95 Å². The highest BCUT2D eigenvalue weighted by molar-refractivity contribution is 5.91. The number of furan rings is 1. The van der Waals surface area contributed by atoms with E-state index < -0.39 is 0 Å². The molecule has 2 N–H and O–H groups in total. The Bertz CT molecular complexity index is 886. The summed E-state index contributed by atoms with van der Waals surface area (Å²) >= 11 is 0. The summed E-state index contributed by atoms with van der Waals surface area (Å²) in [5.41, 5.74) is 3.85. The van der Waals surface area contributed by atoms with Gasteiger partial charge in [0.15, 0.2) is 0 Å². The van der Waals surface area contributed by atoms with E-state index >= 15 is 0 Å². The molecule has 0 bridgehead atoms. The number of nitrogens with zero attached hydrogens (tertiary/aromatic N) is 4. The third-order valence-electron chi connectivity index (χ3n) is 3.26. The number of anilines is 1. The van der Waals surface area contributed by atoms with Crippen LogP contribution in [0.3, 0.4) is 0 Å². The molecule has 134 valence electrons. The molecular weight excluding hydrogens is 336 g/mol. The number of carbonyl (C=O) groups is 1. The third kappa shape index (κ3) is 4.53. The molecule has 1 aromatic carbocycles. The van der Waals surface area contributed by atoms with Gasteiger partial charge in [-0.05, 0) is 35.4 Å². The molecule has 3 rings (SSSR count). The summed E-state index contributed by atoms with van der Waals surface area (Å²) < 4.78 is 11.0. The number of hydrazone groups is 1. The molecule has 0 spiro atoms. The lowest BCUT2D eigenvalue weighted by molar-refractivity contribution is 0.0459. The van der Waals surface area contributed by atoms with Crippen LogP contribution < -0.4 is 5.43 Å². The number of aromatic amines is 1. The summed E-state index contributed by atoms with van der Waals surface area (Å²) in [6.45, 7) is 4.37. The van der Waals surface area contributed by atoms with Crippen LogP contribution in [0, 0.1) is 5.92 Å². The maximum atomic E-state index is 12.1.